The lowest BCUT2D eigenvalue weighted by Gasteiger charge is -2.05. The Morgan fingerprint density at radius 3 is 1.60 bits per heavy atom. The average molecular weight is 168 g/mol. The number of hydrogen-bond donors (Lipinski definition) is 2. The standard InChI is InChI=1S/C4H7ClO2.C2H7N/c1-4(2,5)3(6)7;1-3-2/h1-2H3,(H,6,7);3H,1-2H3. The lowest BCUT2D eigenvalue weighted by molar-refractivity contribution is -0.139. The molecule has 0 aliphatic rings. The molecule has 4 heteroatoms. The van der Waals surface area contributed by atoms with Gasteiger partial charge in [-0.25, -0.2) is 0 Å². The van der Waals surface area contributed by atoms with Crippen LogP contribution in [0.25, 0.3) is 0 Å². The molecule has 0 saturated carbocycles. The molecule has 0 bridgehead atoms. The Balaban J connectivity index is 0. The van der Waals surface area contributed by atoms with Gasteiger partial charge in [0.05, 0.1) is 0 Å². The Morgan fingerprint density at radius 1 is 1.50 bits per heavy atom. The molecule has 0 aromatic rings. The molecule has 0 rings (SSSR count). The van der Waals surface area contributed by atoms with Crippen molar-refractivity contribution in [2.24, 2.45) is 0 Å². The molecule has 0 spiro atoms. The first-order chi connectivity index (χ1) is 4.36. The average Bonchev–Trinajstić information content (AvgIpc) is 1.64. The zero-order valence-corrected chi connectivity index (χ0v) is 7.49. The van der Waals surface area contributed by atoms with E-state index in [1.807, 2.05) is 14.1 Å². The summed E-state index contributed by atoms with van der Waals surface area (Å²) in [7, 11) is 3.75. The number of carboxylic acid groups (broad SMARTS) is 1. The first-order valence-electron chi connectivity index (χ1n) is 2.87. The summed E-state index contributed by atoms with van der Waals surface area (Å²) >= 11 is 5.27. The predicted molar refractivity (Wildman–Crippen MR) is 42.6 cm³/mol. The van der Waals surface area contributed by atoms with E-state index >= 15 is 0 Å². The Bertz CT molecular complexity index is 98.4. The van der Waals surface area contributed by atoms with Crippen LogP contribution in [-0.4, -0.2) is 30.0 Å². The number of rotatable bonds is 1. The topological polar surface area (TPSA) is 49.3 Å². The van der Waals surface area contributed by atoms with Crippen molar-refractivity contribution in [3.8, 4) is 0 Å². The molecule has 0 heterocycles. The van der Waals surface area contributed by atoms with Gasteiger partial charge in [0, 0.05) is 0 Å². The van der Waals surface area contributed by atoms with Gasteiger partial charge >= 0.3 is 5.97 Å². The number of aliphatic carboxylic acids is 1. The monoisotopic (exact) mass is 167 g/mol. The van der Waals surface area contributed by atoms with Gasteiger partial charge in [0.2, 0.25) is 0 Å². The summed E-state index contributed by atoms with van der Waals surface area (Å²) in [5.41, 5.74) is 0. The molecule has 0 fully saturated rings. The minimum atomic E-state index is -1.11. The van der Waals surface area contributed by atoms with Crippen molar-refractivity contribution >= 4 is 17.6 Å². The molecule has 62 valence electrons. The van der Waals surface area contributed by atoms with Crippen molar-refractivity contribution in [3.63, 3.8) is 0 Å². The van der Waals surface area contributed by atoms with Gasteiger partial charge in [-0.2, -0.15) is 0 Å². The van der Waals surface area contributed by atoms with Crippen LogP contribution >= 0.6 is 11.6 Å². The molecular formula is C6H14ClNO2. The molecule has 0 amide bonds. The highest BCUT2D eigenvalue weighted by Gasteiger charge is 2.22. The summed E-state index contributed by atoms with van der Waals surface area (Å²) in [6.07, 6.45) is 0. The molecule has 3 nitrogen and oxygen atoms in total. The summed E-state index contributed by atoms with van der Waals surface area (Å²) < 4.78 is 0. The van der Waals surface area contributed by atoms with E-state index in [9.17, 15) is 4.79 Å². The molecule has 2 N–H and O–H groups in total. The molecule has 0 aliphatic carbocycles. The quantitative estimate of drug-likeness (QED) is 0.572. The Labute approximate surface area is 66.4 Å². The summed E-state index contributed by atoms with van der Waals surface area (Å²) in [4.78, 5) is 8.78. The highest BCUT2D eigenvalue weighted by Crippen LogP contribution is 2.10. The zero-order chi connectivity index (χ0) is 8.78. The molecule has 0 unspecified atom stereocenters. The third-order valence-corrected chi connectivity index (χ3v) is 0.670. The Kier molecular flexibility index (Phi) is 6.82. The van der Waals surface area contributed by atoms with Crippen LogP contribution in [0.2, 0.25) is 0 Å². The van der Waals surface area contributed by atoms with E-state index in [4.69, 9.17) is 16.7 Å². The highest BCUT2D eigenvalue weighted by molar-refractivity contribution is 6.33. The van der Waals surface area contributed by atoms with Crippen molar-refractivity contribution in [2.75, 3.05) is 14.1 Å². The predicted octanol–water partition coefficient (Wildman–Crippen LogP) is 0.924. The maximum absolute atomic E-state index is 9.89. The van der Waals surface area contributed by atoms with E-state index in [-0.39, 0.29) is 0 Å². The molecule has 0 aliphatic heterocycles. The fraction of sp³-hybridized carbons (Fsp3) is 0.833. The third-order valence-electron chi connectivity index (χ3n) is 0.509. The van der Waals surface area contributed by atoms with Gasteiger partial charge in [-0.05, 0) is 27.9 Å². The van der Waals surface area contributed by atoms with E-state index in [2.05, 4.69) is 5.32 Å². The molecule has 0 saturated heterocycles. The number of carboxylic acids is 1. The number of carbonyl (C=O) groups is 1. The van der Waals surface area contributed by atoms with E-state index in [1.54, 1.807) is 0 Å². The Morgan fingerprint density at radius 2 is 1.60 bits per heavy atom. The normalized spacial score (nSPS) is 9.70. The fourth-order valence-corrected chi connectivity index (χ4v) is 0. The lowest BCUT2D eigenvalue weighted by atomic mass is 10.2. The lowest BCUT2D eigenvalue weighted by Crippen LogP contribution is -2.23. The van der Waals surface area contributed by atoms with E-state index < -0.39 is 10.8 Å². The fourth-order valence-electron chi connectivity index (χ4n) is 0. The van der Waals surface area contributed by atoms with Gasteiger partial charge in [0.15, 0.2) is 0 Å². The minimum Gasteiger partial charge on any atom is -0.480 e. The number of hydrogen-bond acceptors (Lipinski definition) is 2. The van der Waals surface area contributed by atoms with Crippen LogP contribution in [-0.2, 0) is 4.79 Å². The number of nitrogens with one attached hydrogen (secondary N) is 1. The second kappa shape index (κ2) is 5.50. The van der Waals surface area contributed by atoms with Crippen molar-refractivity contribution < 1.29 is 9.90 Å². The molecule has 0 atom stereocenters. The SMILES string of the molecule is CC(C)(Cl)C(=O)O.CNC. The molecule has 0 aromatic carbocycles. The van der Waals surface area contributed by atoms with Crippen LogP contribution in [0, 0.1) is 0 Å². The van der Waals surface area contributed by atoms with E-state index in [1.165, 1.54) is 13.8 Å². The summed E-state index contributed by atoms with van der Waals surface area (Å²) in [5.74, 6) is -0.992. The van der Waals surface area contributed by atoms with Gasteiger partial charge in [-0.3, -0.25) is 4.79 Å². The first-order valence-corrected chi connectivity index (χ1v) is 3.24. The van der Waals surface area contributed by atoms with Crippen LogP contribution in [0.4, 0.5) is 0 Å². The van der Waals surface area contributed by atoms with Crippen LogP contribution in [0.5, 0.6) is 0 Å². The van der Waals surface area contributed by atoms with E-state index in [0.29, 0.717) is 0 Å². The van der Waals surface area contributed by atoms with Gasteiger partial charge in [0.1, 0.15) is 4.87 Å². The zero-order valence-electron chi connectivity index (χ0n) is 6.73. The van der Waals surface area contributed by atoms with Crippen LogP contribution < -0.4 is 5.32 Å². The maximum Gasteiger partial charge on any atom is 0.324 e. The van der Waals surface area contributed by atoms with Gasteiger partial charge < -0.3 is 10.4 Å². The van der Waals surface area contributed by atoms with Crippen molar-refractivity contribution in [1.82, 2.24) is 5.32 Å². The molecule has 10 heavy (non-hydrogen) atoms. The largest absolute Gasteiger partial charge is 0.480 e. The smallest absolute Gasteiger partial charge is 0.324 e. The van der Waals surface area contributed by atoms with Crippen LogP contribution in [0.3, 0.4) is 0 Å². The van der Waals surface area contributed by atoms with Crippen LogP contribution in [0.15, 0.2) is 0 Å². The third kappa shape index (κ3) is 10.7. The molecule has 0 aromatic heterocycles. The molecular weight excluding hydrogens is 154 g/mol. The molecule has 0 radical (unpaired) electrons. The van der Waals surface area contributed by atoms with E-state index in [0.717, 1.165) is 0 Å². The second-order valence-electron chi connectivity index (χ2n) is 2.28. The number of alkyl halides is 1. The van der Waals surface area contributed by atoms with Crippen molar-refractivity contribution in [2.45, 2.75) is 18.7 Å². The maximum atomic E-state index is 9.89. The van der Waals surface area contributed by atoms with Gasteiger partial charge in [-0.15, -0.1) is 11.6 Å². The minimum absolute atomic E-state index is 0.992. The summed E-state index contributed by atoms with van der Waals surface area (Å²) in [6, 6.07) is 0. The first kappa shape index (κ1) is 12.4. The van der Waals surface area contributed by atoms with Gasteiger partial charge in [0.25, 0.3) is 0 Å². The van der Waals surface area contributed by atoms with Crippen LogP contribution in [0.1, 0.15) is 13.8 Å². The summed E-state index contributed by atoms with van der Waals surface area (Å²) in [6.45, 7) is 2.85. The Hall–Kier alpha value is -0.280. The number of halogens is 1. The van der Waals surface area contributed by atoms with Crippen molar-refractivity contribution in [1.29, 1.82) is 0 Å². The highest BCUT2D eigenvalue weighted by atomic mass is 35.5. The summed E-state index contributed by atoms with van der Waals surface area (Å²) in [5, 5.41) is 10.9. The second-order valence-corrected chi connectivity index (χ2v) is 3.22. The van der Waals surface area contributed by atoms with Crippen molar-refractivity contribution in [3.05, 3.63) is 0 Å². The van der Waals surface area contributed by atoms with Gasteiger partial charge in [-0.1, -0.05) is 0 Å².